The minimum atomic E-state index is -0.439. The first-order valence-electron chi connectivity index (χ1n) is 7.33. The van der Waals surface area contributed by atoms with Gasteiger partial charge in [-0.3, -0.25) is 4.98 Å². The molecule has 0 N–H and O–H groups in total. The molecule has 1 amide bonds. The predicted molar refractivity (Wildman–Crippen MR) is 80.4 cm³/mol. The second kappa shape index (κ2) is 6.33. The number of nitrogens with zero attached hydrogens (tertiary/aromatic N) is 2. The molecular formula is C16H24N2O3. The first kappa shape index (κ1) is 15.6. The fraction of sp³-hybridized carbons (Fsp3) is 0.625. The van der Waals surface area contributed by atoms with Gasteiger partial charge in [0.1, 0.15) is 11.4 Å². The molecule has 1 aliphatic heterocycles. The summed E-state index contributed by atoms with van der Waals surface area (Å²) in [6, 6.07) is 2.00. The van der Waals surface area contributed by atoms with Gasteiger partial charge in [0.15, 0.2) is 0 Å². The molecule has 1 aromatic heterocycles. The van der Waals surface area contributed by atoms with Gasteiger partial charge in [-0.25, -0.2) is 4.79 Å². The van der Waals surface area contributed by atoms with Gasteiger partial charge in [-0.15, -0.1) is 0 Å². The molecule has 0 unspecified atom stereocenters. The Morgan fingerprint density at radius 3 is 2.86 bits per heavy atom. The number of hydrogen-bond acceptors (Lipinski definition) is 4. The molecule has 0 radical (unpaired) electrons. The maximum atomic E-state index is 12.0. The van der Waals surface area contributed by atoms with E-state index in [1.165, 1.54) is 0 Å². The smallest absolute Gasteiger partial charge is 0.410 e. The molecule has 0 bridgehead atoms. The molecule has 2 rings (SSSR count). The van der Waals surface area contributed by atoms with Crippen molar-refractivity contribution < 1.29 is 14.3 Å². The average Bonchev–Trinajstić information content (AvgIpc) is 2.85. The number of rotatable bonds is 3. The highest BCUT2D eigenvalue weighted by molar-refractivity contribution is 5.68. The van der Waals surface area contributed by atoms with Crippen molar-refractivity contribution in [2.24, 2.45) is 5.92 Å². The molecule has 0 aliphatic carbocycles. The van der Waals surface area contributed by atoms with E-state index in [0.717, 1.165) is 37.2 Å². The van der Waals surface area contributed by atoms with Gasteiger partial charge >= 0.3 is 6.09 Å². The van der Waals surface area contributed by atoms with Gasteiger partial charge in [0.25, 0.3) is 0 Å². The number of pyridine rings is 1. The van der Waals surface area contributed by atoms with E-state index < -0.39 is 5.60 Å². The van der Waals surface area contributed by atoms with Crippen LogP contribution in [0.15, 0.2) is 18.5 Å². The van der Waals surface area contributed by atoms with Crippen LogP contribution in [0.5, 0.6) is 5.75 Å². The average molecular weight is 292 g/mol. The van der Waals surface area contributed by atoms with E-state index in [2.05, 4.69) is 4.98 Å². The summed E-state index contributed by atoms with van der Waals surface area (Å²) in [6.07, 6.45) is 5.25. The van der Waals surface area contributed by atoms with Crippen LogP contribution < -0.4 is 4.74 Å². The third-order valence-electron chi connectivity index (χ3n) is 3.47. The second-order valence-corrected chi connectivity index (χ2v) is 6.52. The van der Waals surface area contributed by atoms with E-state index >= 15 is 0 Å². The number of hydrogen-bond donors (Lipinski definition) is 0. The summed E-state index contributed by atoms with van der Waals surface area (Å²) in [5.41, 5.74) is 0.705. The summed E-state index contributed by atoms with van der Waals surface area (Å²) < 4.78 is 10.6. The Morgan fingerprint density at radius 2 is 2.19 bits per heavy atom. The van der Waals surface area contributed by atoms with Crippen LogP contribution in [0, 0.1) is 5.92 Å². The SMILES string of the molecule is COc1cncc(C[C@H]2CCN(C(=O)OC(C)(C)C)C2)c1. The van der Waals surface area contributed by atoms with Gasteiger partial charge < -0.3 is 14.4 Å². The highest BCUT2D eigenvalue weighted by Crippen LogP contribution is 2.23. The first-order valence-corrected chi connectivity index (χ1v) is 7.33. The lowest BCUT2D eigenvalue weighted by Gasteiger charge is -2.24. The van der Waals surface area contributed by atoms with E-state index in [9.17, 15) is 4.79 Å². The lowest BCUT2D eigenvalue weighted by molar-refractivity contribution is 0.0288. The highest BCUT2D eigenvalue weighted by Gasteiger charge is 2.29. The number of likely N-dealkylation sites (tertiary alicyclic amines) is 1. The van der Waals surface area contributed by atoms with E-state index in [0.29, 0.717) is 5.92 Å². The van der Waals surface area contributed by atoms with Crippen LogP contribution >= 0.6 is 0 Å². The Labute approximate surface area is 126 Å². The maximum Gasteiger partial charge on any atom is 0.410 e. The lowest BCUT2D eigenvalue weighted by atomic mass is 10.00. The van der Waals surface area contributed by atoms with Crippen molar-refractivity contribution in [2.75, 3.05) is 20.2 Å². The van der Waals surface area contributed by atoms with Gasteiger partial charge in [0, 0.05) is 19.3 Å². The van der Waals surface area contributed by atoms with Crippen LogP contribution in [0.1, 0.15) is 32.8 Å². The molecule has 0 saturated carbocycles. The molecule has 1 fully saturated rings. The number of carbonyl (C=O) groups is 1. The van der Waals surface area contributed by atoms with Crippen molar-refractivity contribution in [3.8, 4) is 5.75 Å². The Morgan fingerprint density at radius 1 is 1.43 bits per heavy atom. The van der Waals surface area contributed by atoms with Gasteiger partial charge in [-0.1, -0.05) is 0 Å². The summed E-state index contributed by atoms with van der Waals surface area (Å²) in [7, 11) is 1.64. The highest BCUT2D eigenvalue weighted by atomic mass is 16.6. The van der Waals surface area contributed by atoms with Gasteiger partial charge in [-0.2, -0.15) is 0 Å². The molecule has 5 nitrogen and oxygen atoms in total. The zero-order chi connectivity index (χ0) is 15.5. The van der Waals surface area contributed by atoms with Crippen molar-refractivity contribution >= 4 is 6.09 Å². The third kappa shape index (κ3) is 4.62. The topological polar surface area (TPSA) is 51.7 Å². The number of amides is 1. The molecule has 1 aromatic rings. The summed E-state index contributed by atoms with van der Waals surface area (Å²) in [5, 5.41) is 0. The standard InChI is InChI=1S/C16H24N2O3/c1-16(2,3)21-15(19)18-6-5-12(11-18)7-13-8-14(20-4)10-17-9-13/h8-10,12H,5-7,11H2,1-4H3/t12-/m1/s1. The zero-order valence-corrected chi connectivity index (χ0v) is 13.3. The Bertz CT molecular complexity index is 497. The minimum absolute atomic E-state index is 0.214. The molecule has 21 heavy (non-hydrogen) atoms. The van der Waals surface area contributed by atoms with E-state index in [-0.39, 0.29) is 6.09 Å². The largest absolute Gasteiger partial charge is 0.495 e. The van der Waals surface area contributed by atoms with Gasteiger partial charge in [0.2, 0.25) is 0 Å². The molecule has 1 atom stereocenters. The van der Waals surface area contributed by atoms with Crippen molar-refractivity contribution in [3.63, 3.8) is 0 Å². The predicted octanol–water partition coefficient (Wildman–Crippen LogP) is 2.89. The Hall–Kier alpha value is -1.78. The van der Waals surface area contributed by atoms with Crippen LogP contribution in [-0.4, -0.2) is 41.8 Å². The molecule has 5 heteroatoms. The molecule has 1 saturated heterocycles. The third-order valence-corrected chi connectivity index (χ3v) is 3.47. The molecule has 0 spiro atoms. The van der Waals surface area contributed by atoms with Crippen molar-refractivity contribution in [1.29, 1.82) is 0 Å². The molecule has 116 valence electrons. The van der Waals surface area contributed by atoms with Crippen LogP contribution in [0.25, 0.3) is 0 Å². The minimum Gasteiger partial charge on any atom is -0.495 e. The molecule has 0 aromatic carbocycles. The molecule has 2 heterocycles. The van der Waals surface area contributed by atoms with Crippen LogP contribution in [0.3, 0.4) is 0 Å². The maximum absolute atomic E-state index is 12.0. The fourth-order valence-electron chi connectivity index (χ4n) is 2.51. The van der Waals surface area contributed by atoms with E-state index in [1.54, 1.807) is 18.2 Å². The summed E-state index contributed by atoms with van der Waals surface area (Å²) in [5.74, 6) is 1.22. The van der Waals surface area contributed by atoms with Crippen LogP contribution in [-0.2, 0) is 11.2 Å². The number of ether oxygens (including phenoxy) is 2. The summed E-state index contributed by atoms with van der Waals surface area (Å²) in [4.78, 5) is 18.0. The fourth-order valence-corrected chi connectivity index (χ4v) is 2.51. The van der Waals surface area contributed by atoms with Crippen molar-refractivity contribution in [1.82, 2.24) is 9.88 Å². The molecule has 1 aliphatic rings. The van der Waals surface area contributed by atoms with Gasteiger partial charge in [-0.05, 0) is 51.2 Å². The molecular weight excluding hydrogens is 268 g/mol. The number of carbonyl (C=O) groups excluding carboxylic acids is 1. The summed E-state index contributed by atoms with van der Waals surface area (Å²) >= 11 is 0. The van der Waals surface area contributed by atoms with Crippen molar-refractivity contribution in [3.05, 3.63) is 24.0 Å². The number of aromatic nitrogens is 1. The van der Waals surface area contributed by atoms with E-state index in [1.807, 2.05) is 33.0 Å². The second-order valence-electron chi connectivity index (χ2n) is 6.52. The Balaban J connectivity index is 1.89. The number of methoxy groups -OCH3 is 1. The van der Waals surface area contributed by atoms with Crippen LogP contribution in [0.2, 0.25) is 0 Å². The lowest BCUT2D eigenvalue weighted by Crippen LogP contribution is -2.35. The summed E-state index contributed by atoms with van der Waals surface area (Å²) in [6.45, 7) is 7.17. The Kier molecular flexibility index (Phi) is 4.70. The monoisotopic (exact) mass is 292 g/mol. The van der Waals surface area contributed by atoms with E-state index in [4.69, 9.17) is 9.47 Å². The quantitative estimate of drug-likeness (QED) is 0.859. The normalized spacial score (nSPS) is 18.7. The zero-order valence-electron chi connectivity index (χ0n) is 13.3. The van der Waals surface area contributed by atoms with Gasteiger partial charge in [0.05, 0.1) is 13.3 Å². The van der Waals surface area contributed by atoms with Crippen LogP contribution in [0.4, 0.5) is 4.79 Å². The first-order chi connectivity index (χ1) is 9.87. The van der Waals surface area contributed by atoms with Crippen molar-refractivity contribution in [2.45, 2.75) is 39.2 Å².